The molecule has 1 fully saturated rings. The molecule has 0 unspecified atom stereocenters. The smallest absolute Gasteiger partial charge is 0.223 e. The zero-order valence-corrected chi connectivity index (χ0v) is 16.8. The summed E-state index contributed by atoms with van der Waals surface area (Å²) in [6.45, 7) is 4.04. The predicted molar refractivity (Wildman–Crippen MR) is 107 cm³/mol. The number of fused-ring (bicyclic) bond motifs is 1. The van der Waals surface area contributed by atoms with E-state index in [-0.39, 0.29) is 24.5 Å². The number of hydrogen-bond donors (Lipinski definition) is 1. The molecule has 3 heterocycles. The third kappa shape index (κ3) is 4.32. The summed E-state index contributed by atoms with van der Waals surface area (Å²) >= 11 is 0. The molecule has 0 atom stereocenters. The standard InChI is InChI=1S/C21H27N5O3/c1-29-17-4-2-15(3-5-17)18(27)6-7-20(28)25-11-8-16(9-12-25)21-24-23-19-14-22-10-13-26(19)21/h2-5,16,22H,6-14H2,1H3. The first-order valence-electron chi connectivity index (χ1n) is 10.2. The number of methoxy groups -OCH3 is 1. The van der Waals surface area contributed by atoms with Gasteiger partial charge in [0.2, 0.25) is 5.91 Å². The average molecular weight is 397 g/mol. The number of carbonyl (C=O) groups excluding carboxylic acids is 2. The van der Waals surface area contributed by atoms with Crippen LogP contribution in [0.4, 0.5) is 0 Å². The van der Waals surface area contributed by atoms with E-state index in [9.17, 15) is 9.59 Å². The molecule has 0 aliphatic carbocycles. The molecule has 0 radical (unpaired) electrons. The molecule has 1 N–H and O–H groups in total. The van der Waals surface area contributed by atoms with Crippen LogP contribution in [0.15, 0.2) is 24.3 Å². The quantitative estimate of drug-likeness (QED) is 0.747. The Morgan fingerprint density at radius 2 is 1.86 bits per heavy atom. The third-order valence-corrected chi connectivity index (χ3v) is 5.84. The lowest BCUT2D eigenvalue weighted by Gasteiger charge is -2.32. The minimum atomic E-state index is -0.0143. The highest BCUT2D eigenvalue weighted by atomic mass is 16.5. The van der Waals surface area contributed by atoms with Crippen molar-refractivity contribution in [2.75, 3.05) is 26.7 Å². The number of Topliss-reactive ketones (excluding diaryl/α,β-unsaturated/α-hetero) is 1. The van der Waals surface area contributed by atoms with E-state index in [1.54, 1.807) is 31.4 Å². The van der Waals surface area contributed by atoms with E-state index < -0.39 is 0 Å². The zero-order chi connectivity index (χ0) is 20.2. The molecule has 1 amide bonds. The number of hydrogen-bond acceptors (Lipinski definition) is 6. The van der Waals surface area contributed by atoms with Gasteiger partial charge in [-0.25, -0.2) is 0 Å². The van der Waals surface area contributed by atoms with E-state index in [0.717, 1.165) is 44.1 Å². The monoisotopic (exact) mass is 397 g/mol. The number of aromatic nitrogens is 3. The number of carbonyl (C=O) groups is 2. The van der Waals surface area contributed by atoms with Crippen molar-refractivity contribution in [1.82, 2.24) is 25.0 Å². The summed E-state index contributed by atoms with van der Waals surface area (Å²) in [5.74, 6) is 3.16. The van der Waals surface area contributed by atoms with Crippen LogP contribution in [0.5, 0.6) is 5.75 Å². The lowest BCUT2D eigenvalue weighted by molar-refractivity contribution is -0.132. The van der Waals surface area contributed by atoms with Crippen molar-refractivity contribution in [3.63, 3.8) is 0 Å². The first kappa shape index (κ1) is 19.6. The van der Waals surface area contributed by atoms with Crippen LogP contribution < -0.4 is 10.1 Å². The van der Waals surface area contributed by atoms with E-state index in [0.29, 0.717) is 30.3 Å². The second-order valence-corrected chi connectivity index (χ2v) is 7.61. The van der Waals surface area contributed by atoms with Gasteiger partial charge in [0.25, 0.3) is 0 Å². The topological polar surface area (TPSA) is 89.4 Å². The molecule has 1 aromatic carbocycles. The molecule has 8 nitrogen and oxygen atoms in total. The number of ether oxygens (including phenoxy) is 1. The highest BCUT2D eigenvalue weighted by Gasteiger charge is 2.28. The maximum absolute atomic E-state index is 12.6. The van der Waals surface area contributed by atoms with E-state index in [1.807, 2.05) is 4.90 Å². The summed E-state index contributed by atoms with van der Waals surface area (Å²) in [5, 5.41) is 12.0. The van der Waals surface area contributed by atoms with Gasteiger partial charge in [-0.05, 0) is 37.1 Å². The second-order valence-electron chi connectivity index (χ2n) is 7.61. The molecule has 4 rings (SSSR count). The first-order valence-corrected chi connectivity index (χ1v) is 10.2. The van der Waals surface area contributed by atoms with Crippen LogP contribution in [-0.4, -0.2) is 58.1 Å². The number of ketones is 1. The molecule has 0 bridgehead atoms. The van der Waals surface area contributed by atoms with Crippen molar-refractivity contribution in [1.29, 1.82) is 0 Å². The molecule has 1 aromatic heterocycles. The number of nitrogens with zero attached hydrogens (tertiary/aromatic N) is 4. The van der Waals surface area contributed by atoms with Gasteiger partial charge in [0.05, 0.1) is 13.7 Å². The minimum Gasteiger partial charge on any atom is -0.497 e. The Labute approximate surface area is 170 Å². The number of benzene rings is 1. The van der Waals surface area contributed by atoms with Crippen LogP contribution >= 0.6 is 0 Å². The highest BCUT2D eigenvalue weighted by molar-refractivity contribution is 5.98. The highest BCUT2D eigenvalue weighted by Crippen LogP contribution is 2.28. The Morgan fingerprint density at radius 3 is 2.59 bits per heavy atom. The van der Waals surface area contributed by atoms with Crippen molar-refractivity contribution in [2.45, 2.75) is 44.7 Å². The Bertz CT molecular complexity index is 869. The molecular formula is C21H27N5O3. The Kier molecular flexibility index (Phi) is 5.89. The third-order valence-electron chi connectivity index (χ3n) is 5.84. The van der Waals surface area contributed by atoms with Gasteiger partial charge in [-0.2, -0.15) is 0 Å². The molecular weight excluding hydrogens is 370 g/mol. The van der Waals surface area contributed by atoms with Gasteiger partial charge in [-0.15, -0.1) is 10.2 Å². The zero-order valence-electron chi connectivity index (χ0n) is 16.8. The normalized spacial score (nSPS) is 17.1. The van der Waals surface area contributed by atoms with E-state index in [2.05, 4.69) is 20.1 Å². The summed E-state index contributed by atoms with van der Waals surface area (Å²) in [6, 6.07) is 7.01. The van der Waals surface area contributed by atoms with Crippen molar-refractivity contribution in [2.24, 2.45) is 0 Å². The van der Waals surface area contributed by atoms with Crippen LogP contribution in [0.3, 0.4) is 0 Å². The molecule has 2 aliphatic rings. The van der Waals surface area contributed by atoms with Crippen LogP contribution in [0.25, 0.3) is 0 Å². The lowest BCUT2D eigenvalue weighted by Crippen LogP contribution is -2.39. The summed E-state index contributed by atoms with van der Waals surface area (Å²) < 4.78 is 7.34. The van der Waals surface area contributed by atoms with Crippen LogP contribution in [0.1, 0.15) is 53.6 Å². The molecule has 1 saturated heterocycles. The van der Waals surface area contributed by atoms with E-state index >= 15 is 0 Å². The van der Waals surface area contributed by atoms with Crippen LogP contribution in [0.2, 0.25) is 0 Å². The number of likely N-dealkylation sites (tertiary alicyclic amines) is 1. The number of piperidine rings is 1. The van der Waals surface area contributed by atoms with Crippen molar-refractivity contribution >= 4 is 11.7 Å². The molecule has 0 saturated carbocycles. The Hall–Kier alpha value is -2.74. The molecule has 29 heavy (non-hydrogen) atoms. The average Bonchev–Trinajstić information content (AvgIpc) is 3.21. The Morgan fingerprint density at radius 1 is 1.10 bits per heavy atom. The van der Waals surface area contributed by atoms with Gasteiger partial charge in [-0.3, -0.25) is 9.59 Å². The van der Waals surface area contributed by atoms with Crippen molar-refractivity contribution < 1.29 is 14.3 Å². The second kappa shape index (κ2) is 8.73. The SMILES string of the molecule is COc1ccc(C(=O)CCC(=O)N2CCC(c3nnc4n3CCNC4)CC2)cc1. The van der Waals surface area contributed by atoms with Crippen molar-refractivity contribution in [3.05, 3.63) is 41.5 Å². The number of amides is 1. The molecule has 2 aromatic rings. The molecule has 0 spiro atoms. The lowest BCUT2D eigenvalue weighted by atomic mass is 9.95. The summed E-state index contributed by atoms with van der Waals surface area (Å²) in [5.41, 5.74) is 0.614. The predicted octanol–water partition coefficient (Wildman–Crippen LogP) is 1.76. The number of nitrogens with one attached hydrogen (secondary N) is 1. The first-order chi connectivity index (χ1) is 14.2. The van der Waals surface area contributed by atoms with E-state index in [4.69, 9.17) is 4.74 Å². The summed E-state index contributed by atoms with van der Waals surface area (Å²) in [6.07, 6.45) is 2.27. The van der Waals surface area contributed by atoms with Crippen LogP contribution in [0, 0.1) is 0 Å². The molecule has 8 heteroatoms. The van der Waals surface area contributed by atoms with Gasteiger partial charge in [0.15, 0.2) is 5.78 Å². The fraction of sp³-hybridized carbons (Fsp3) is 0.524. The summed E-state index contributed by atoms with van der Waals surface area (Å²) in [7, 11) is 1.59. The van der Waals surface area contributed by atoms with Gasteiger partial charge in [0, 0.05) is 50.5 Å². The van der Waals surface area contributed by atoms with E-state index in [1.165, 1.54) is 0 Å². The fourth-order valence-electron chi connectivity index (χ4n) is 4.10. The maximum Gasteiger partial charge on any atom is 0.223 e. The Balaban J connectivity index is 1.26. The largest absolute Gasteiger partial charge is 0.497 e. The van der Waals surface area contributed by atoms with Gasteiger partial charge in [0.1, 0.15) is 17.4 Å². The molecule has 2 aliphatic heterocycles. The number of rotatable bonds is 6. The fourth-order valence-corrected chi connectivity index (χ4v) is 4.10. The van der Waals surface area contributed by atoms with Crippen LogP contribution in [-0.2, 0) is 17.9 Å². The van der Waals surface area contributed by atoms with Gasteiger partial charge in [-0.1, -0.05) is 0 Å². The van der Waals surface area contributed by atoms with Gasteiger partial charge < -0.3 is 19.5 Å². The minimum absolute atomic E-state index is 0.0143. The maximum atomic E-state index is 12.6. The van der Waals surface area contributed by atoms with Gasteiger partial charge >= 0.3 is 0 Å². The molecule has 154 valence electrons. The van der Waals surface area contributed by atoms with Crippen molar-refractivity contribution in [3.8, 4) is 5.75 Å². The summed E-state index contributed by atoms with van der Waals surface area (Å²) in [4.78, 5) is 26.8.